The van der Waals surface area contributed by atoms with Gasteiger partial charge in [-0.1, -0.05) is 140 Å². The lowest BCUT2D eigenvalue weighted by Crippen LogP contribution is -2.29. The molecule has 0 fully saturated rings. The fourth-order valence-corrected chi connectivity index (χ4v) is 6.32. The maximum absolute atomic E-state index is 12.6. The van der Waals surface area contributed by atoms with Crippen molar-refractivity contribution >= 4 is 19.8 Å². The van der Waals surface area contributed by atoms with Crippen molar-refractivity contribution in [3.63, 3.8) is 0 Å². The van der Waals surface area contributed by atoms with E-state index in [1.54, 1.807) is 0 Å². The van der Waals surface area contributed by atoms with Crippen LogP contribution in [0.2, 0.25) is 0 Å². The molecule has 0 bridgehead atoms. The highest BCUT2D eigenvalue weighted by molar-refractivity contribution is 7.47. The Morgan fingerprint density at radius 3 is 1.57 bits per heavy atom. The summed E-state index contributed by atoms with van der Waals surface area (Å²) in [7, 11) is -0.717. The molecule has 0 spiro atoms. The number of ether oxygens (including phenoxy) is 2. The molecule has 2 atom stereocenters. The van der Waals surface area contributed by atoms with Crippen molar-refractivity contribution in [1.82, 2.24) is 4.90 Å². The van der Waals surface area contributed by atoms with E-state index in [0.717, 1.165) is 77.0 Å². The Bertz CT molecular complexity index is 983. The van der Waals surface area contributed by atoms with E-state index in [0.29, 0.717) is 13.0 Å². The van der Waals surface area contributed by atoms with E-state index >= 15 is 0 Å². The number of unbranched alkanes of at least 4 members (excludes halogenated alkanes) is 19. The lowest BCUT2D eigenvalue weighted by Gasteiger charge is -2.20. The molecule has 0 aromatic carbocycles. The van der Waals surface area contributed by atoms with Gasteiger partial charge in [-0.2, -0.15) is 0 Å². The van der Waals surface area contributed by atoms with Crippen molar-refractivity contribution in [3.05, 3.63) is 36.5 Å². The molecule has 0 rings (SSSR count). The first kappa shape index (κ1) is 51.2. The van der Waals surface area contributed by atoms with Crippen molar-refractivity contribution in [2.75, 3.05) is 40.5 Å². The van der Waals surface area contributed by atoms with Gasteiger partial charge in [-0.15, -0.1) is 0 Å². The molecule has 1 N–H and O–H groups in total. The molecule has 0 amide bonds. The third-order valence-corrected chi connectivity index (χ3v) is 9.90. The molecule has 0 saturated carbocycles. The fraction of sp³-hybridized carbons (Fsp3) is 0.814. The van der Waals surface area contributed by atoms with Gasteiger partial charge >= 0.3 is 19.8 Å². The SMILES string of the molecule is CCCC/C=C\CCCCCCCC(=O)OCC(COP(=O)(O)OCCN(C)C)OC(=O)CCCCCCCCCCC/C=C\C/C=C\CCCCC. The van der Waals surface area contributed by atoms with Gasteiger partial charge in [0.1, 0.15) is 6.61 Å². The predicted molar refractivity (Wildman–Crippen MR) is 220 cm³/mol. The van der Waals surface area contributed by atoms with Crippen LogP contribution in [0, 0.1) is 0 Å². The lowest BCUT2D eigenvalue weighted by atomic mass is 10.1. The molecule has 2 unspecified atom stereocenters. The van der Waals surface area contributed by atoms with Gasteiger partial charge in [-0.05, 0) is 78.3 Å². The van der Waals surface area contributed by atoms with E-state index < -0.39 is 26.5 Å². The van der Waals surface area contributed by atoms with Gasteiger partial charge in [0.2, 0.25) is 0 Å². The summed E-state index contributed by atoms with van der Waals surface area (Å²) in [5.74, 6) is -0.819. The number of phosphoric acid groups is 1. The summed E-state index contributed by atoms with van der Waals surface area (Å²) >= 11 is 0. The Morgan fingerprint density at radius 2 is 1.04 bits per heavy atom. The number of rotatable bonds is 39. The number of carbonyl (C=O) groups excluding carboxylic acids is 2. The molecule has 10 heteroatoms. The summed E-state index contributed by atoms with van der Waals surface area (Å²) in [6, 6.07) is 0. The minimum Gasteiger partial charge on any atom is -0.462 e. The summed E-state index contributed by atoms with van der Waals surface area (Å²) < 4.78 is 33.4. The van der Waals surface area contributed by atoms with Crippen LogP contribution in [0.4, 0.5) is 0 Å². The largest absolute Gasteiger partial charge is 0.472 e. The summed E-state index contributed by atoms with van der Waals surface area (Å²) in [4.78, 5) is 36.9. The zero-order chi connectivity index (χ0) is 39.1. The maximum Gasteiger partial charge on any atom is 0.472 e. The highest BCUT2D eigenvalue weighted by Gasteiger charge is 2.26. The summed E-state index contributed by atoms with van der Waals surface area (Å²) in [6.07, 6.45) is 40.4. The highest BCUT2D eigenvalue weighted by Crippen LogP contribution is 2.43. The van der Waals surface area contributed by atoms with Crippen LogP contribution in [0.25, 0.3) is 0 Å². The summed E-state index contributed by atoms with van der Waals surface area (Å²) in [6.45, 7) is 4.24. The van der Waals surface area contributed by atoms with E-state index in [1.165, 1.54) is 70.6 Å². The first-order valence-corrected chi connectivity index (χ1v) is 22.8. The Morgan fingerprint density at radius 1 is 0.585 bits per heavy atom. The second-order valence-corrected chi connectivity index (χ2v) is 16.0. The van der Waals surface area contributed by atoms with Crippen molar-refractivity contribution in [1.29, 1.82) is 0 Å². The molecule has 0 aliphatic carbocycles. The standard InChI is InChI=1S/C43H80NO8P/c1-5-7-9-11-13-15-17-18-19-20-21-22-23-24-26-28-30-32-34-36-43(46)52-41(40-51-53(47,48)50-38-37-44(3)4)39-49-42(45)35-33-31-29-27-25-16-14-12-10-8-6-2/h12-15,18-19,41H,5-11,16-17,20-40H2,1-4H3,(H,47,48)/b14-12-,15-13-,19-18-. The van der Waals surface area contributed by atoms with Gasteiger partial charge < -0.3 is 19.3 Å². The van der Waals surface area contributed by atoms with E-state index in [1.807, 2.05) is 19.0 Å². The third kappa shape index (κ3) is 39.7. The van der Waals surface area contributed by atoms with Crippen molar-refractivity contribution in [2.24, 2.45) is 0 Å². The molecule has 0 heterocycles. The first-order valence-electron chi connectivity index (χ1n) is 21.3. The topological polar surface area (TPSA) is 112 Å². The van der Waals surface area contributed by atoms with Crippen molar-refractivity contribution < 1.29 is 37.6 Å². The van der Waals surface area contributed by atoms with Crippen LogP contribution in [-0.4, -0.2) is 68.3 Å². The van der Waals surface area contributed by atoms with Crippen LogP contribution in [0.1, 0.15) is 181 Å². The molecule has 0 saturated heterocycles. The van der Waals surface area contributed by atoms with E-state index in [2.05, 4.69) is 50.3 Å². The van der Waals surface area contributed by atoms with Gasteiger partial charge in [0.15, 0.2) is 6.10 Å². The van der Waals surface area contributed by atoms with E-state index in [9.17, 15) is 19.0 Å². The Balaban J connectivity index is 4.27. The van der Waals surface area contributed by atoms with Gasteiger partial charge in [-0.25, -0.2) is 4.57 Å². The van der Waals surface area contributed by atoms with E-state index in [-0.39, 0.29) is 32.0 Å². The molecule has 0 aliphatic rings. The third-order valence-electron chi connectivity index (χ3n) is 8.92. The second-order valence-electron chi connectivity index (χ2n) is 14.5. The molecule has 0 aromatic heterocycles. The number of hydrogen-bond acceptors (Lipinski definition) is 8. The monoisotopic (exact) mass is 770 g/mol. The van der Waals surface area contributed by atoms with Crippen LogP contribution < -0.4 is 0 Å². The maximum atomic E-state index is 12.6. The minimum atomic E-state index is -4.36. The average Bonchev–Trinajstić information content (AvgIpc) is 3.12. The van der Waals surface area contributed by atoms with Gasteiger partial charge in [0.05, 0.1) is 13.2 Å². The van der Waals surface area contributed by atoms with Crippen LogP contribution in [-0.2, 0) is 32.7 Å². The minimum absolute atomic E-state index is 0.00501. The molecule has 53 heavy (non-hydrogen) atoms. The van der Waals surface area contributed by atoms with E-state index in [4.69, 9.17) is 18.5 Å². The quantitative estimate of drug-likeness (QED) is 0.0282. The molecule has 310 valence electrons. The predicted octanol–water partition coefficient (Wildman–Crippen LogP) is 12.0. The second kappa shape index (κ2) is 38.5. The van der Waals surface area contributed by atoms with Crippen molar-refractivity contribution in [3.8, 4) is 0 Å². The van der Waals surface area contributed by atoms with Gasteiger partial charge in [0.25, 0.3) is 0 Å². The number of esters is 2. The molecule has 0 radical (unpaired) electrons. The number of allylic oxidation sites excluding steroid dienone is 6. The van der Waals surface area contributed by atoms with Crippen LogP contribution in [0.5, 0.6) is 0 Å². The Hall–Kier alpha value is -1.77. The molecular weight excluding hydrogens is 689 g/mol. The molecule has 0 aromatic rings. The van der Waals surface area contributed by atoms with Crippen molar-refractivity contribution in [2.45, 2.75) is 187 Å². The van der Waals surface area contributed by atoms with Crippen LogP contribution in [0.15, 0.2) is 36.5 Å². The molecule has 9 nitrogen and oxygen atoms in total. The molecule has 0 aliphatic heterocycles. The normalized spacial score (nSPS) is 13.8. The Labute approximate surface area is 325 Å². The highest BCUT2D eigenvalue weighted by atomic mass is 31.2. The zero-order valence-electron chi connectivity index (χ0n) is 34.5. The summed E-state index contributed by atoms with van der Waals surface area (Å²) in [5.41, 5.74) is 0. The lowest BCUT2D eigenvalue weighted by molar-refractivity contribution is -0.161. The number of likely N-dealkylation sites (N-methyl/N-ethyl adjacent to an activating group) is 1. The first-order chi connectivity index (χ1) is 25.7. The van der Waals surface area contributed by atoms with Gasteiger partial charge in [0, 0.05) is 19.4 Å². The fourth-order valence-electron chi connectivity index (χ4n) is 5.58. The number of hydrogen-bond donors (Lipinski definition) is 1. The number of phosphoric ester groups is 1. The number of carbonyl (C=O) groups is 2. The van der Waals surface area contributed by atoms with Gasteiger partial charge in [-0.3, -0.25) is 18.6 Å². The average molecular weight is 770 g/mol. The Kier molecular flexibility index (Phi) is 37.2. The zero-order valence-corrected chi connectivity index (χ0v) is 35.3. The smallest absolute Gasteiger partial charge is 0.462 e. The van der Waals surface area contributed by atoms with Crippen LogP contribution >= 0.6 is 7.82 Å². The summed E-state index contributed by atoms with van der Waals surface area (Å²) in [5, 5.41) is 0. The number of nitrogens with zero attached hydrogens (tertiary/aromatic N) is 1. The molecular formula is C43H80NO8P. The van der Waals surface area contributed by atoms with Crippen LogP contribution in [0.3, 0.4) is 0 Å².